The van der Waals surface area contributed by atoms with Crippen molar-refractivity contribution in [1.82, 2.24) is 4.98 Å². The van der Waals surface area contributed by atoms with Crippen LogP contribution < -0.4 is 10.6 Å². The van der Waals surface area contributed by atoms with Crippen molar-refractivity contribution in [2.75, 3.05) is 10.6 Å². The third kappa shape index (κ3) is 4.58. The minimum absolute atomic E-state index is 0.0267. The highest BCUT2D eigenvalue weighted by Gasteiger charge is 2.08. The molecule has 0 radical (unpaired) electrons. The SMILES string of the molecule is CC(=O)c1ccc(Nc2ccc(C(=O)Nc3ccc(C)c(C)c3)cn2)cc1. The highest BCUT2D eigenvalue weighted by atomic mass is 16.1. The van der Waals surface area contributed by atoms with Gasteiger partial charge in [-0.25, -0.2) is 4.98 Å². The molecular weight excluding hydrogens is 338 g/mol. The number of carbonyl (C=O) groups is 2. The molecule has 0 aliphatic heterocycles. The zero-order valence-electron chi connectivity index (χ0n) is 15.5. The number of pyridine rings is 1. The molecule has 0 saturated carbocycles. The molecule has 0 unspecified atom stereocenters. The van der Waals surface area contributed by atoms with E-state index in [1.165, 1.54) is 18.7 Å². The molecule has 3 aromatic rings. The van der Waals surface area contributed by atoms with Crippen LogP contribution in [0.2, 0.25) is 0 Å². The van der Waals surface area contributed by atoms with Gasteiger partial charge in [0.15, 0.2) is 5.78 Å². The van der Waals surface area contributed by atoms with Crippen molar-refractivity contribution < 1.29 is 9.59 Å². The predicted octanol–water partition coefficient (Wildman–Crippen LogP) is 4.90. The maximum atomic E-state index is 12.4. The maximum absolute atomic E-state index is 12.4. The molecule has 5 heteroatoms. The molecule has 0 aliphatic carbocycles. The Kier molecular flexibility index (Phi) is 5.31. The van der Waals surface area contributed by atoms with Gasteiger partial charge in [0.05, 0.1) is 5.56 Å². The summed E-state index contributed by atoms with van der Waals surface area (Å²) < 4.78 is 0. The number of amides is 1. The molecule has 5 nitrogen and oxygen atoms in total. The summed E-state index contributed by atoms with van der Waals surface area (Å²) in [6, 6.07) is 16.4. The second-order valence-electron chi connectivity index (χ2n) is 6.44. The number of ketones is 1. The van der Waals surface area contributed by atoms with Crippen LogP contribution in [0.1, 0.15) is 38.8 Å². The van der Waals surface area contributed by atoms with E-state index in [2.05, 4.69) is 15.6 Å². The van der Waals surface area contributed by atoms with Crippen LogP contribution in [0.3, 0.4) is 0 Å². The first-order valence-corrected chi connectivity index (χ1v) is 8.65. The van der Waals surface area contributed by atoms with Crippen molar-refractivity contribution in [2.45, 2.75) is 20.8 Å². The molecular formula is C22H21N3O2. The summed E-state index contributed by atoms with van der Waals surface area (Å²) in [5.41, 5.74) is 5.02. The van der Waals surface area contributed by atoms with Crippen LogP contribution in [0, 0.1) is 13.8 Å². The Hall–Kier alpha value is -3.47. The molecule has 1 aromatic heterocycles. The second-order valence-corrected chi connectivity index (χ2v) is 6.44. The van der Waals surface area contributed by atoms with E-state index in [4.69, 9.17) is 0 Å². The van der Waals surface area contributed by atoms with Gasteiger partial charge in [0.25, 0.3) is 5.91 Å². The van der Waals surface area contributed by atoms with Crippen LogP contribution in [0.5, 0.6) is 0 Å². The van der Waals surface area contributed by atoms with E-state index >= 15 is 0 Å². The van der Waals surface area contributed by atoms with Crippen LogP contribution >= 0.6 is 0 Å². The monoisotopic (exact) mass is 359 g/mol. The minimum Gasteiger partial charge on any atom is -0.340 e. The molecule has 0 fully saturated rings. The number of aryl methyl sites for hydroxylation is 2. The van der Waals surface area contributed by atoms with Gasteiger partial charge < -0.3 is 10.6 Å². The van der Waals surface area contributed by atoms with Crippen molar-refractivity contribution >= 4 is 28.9 Å². The molecule has 2 N–H and O–H groups in total. The Morgan fingerprint density at radius 3 is 2.07 bits per heavy atom. The van der Waals surface area contributed by atoms with Gasteiger partial charge in [-0.2, -0.15) is 0 Å². The molecule has 0 saturated heterocycles. The number of aromatic nitrogens is 1. The number of Topliss-reactive ketones (excluding diaryl/α,β-unsaturated/α-hetero) is 1. The van der Waals surface area contributed by atoms with Crippen LogP contribution in [0.25, 0.3) is 0 Å². The van der Waals surface area contributed by atoms with Gasteiger partial charge in [-0.15, -0.1) is 0 Å². The lowest BCUT2D eigenvalue weighted by atomic mass is 10.1. The molecule has 1 heterocycles. The zero-order valence-corrected chi connectivity index (χ0v) is 15.5. The third-order valence-electron chi connectivity index (χ3n) is 4.35. The predicted molar refractivity (Wildman–Crippen MR) is 108 cm³/mol. The van der Waals surface area contributed by atoms with Gasteiger partial charge in [0.1, 0.15) is 5.82 Å². The van der Waals surface area contributed by atoms with E-state index in [1.54, 1.807) is 24.3 Å². The Balaban J connectivity index is 1.66. The molecule has 27 heavy (non-hydrogen) atoms. The van der Waals surface area contributed by atoms with Gasteiger partial charge in [-0.3, -0.25) is 9.59 Å². The van der Waals surface area contributed by atoms with E-state index in [0.29, 0.717) is 16.9 Å². The zero-order chi connectivity index (χ0) is 19.4. The van der Waals surface area contributed by atoms with Gasteiger partial charge in [-0.1, -0.05) is 6.07 Å². The number of nitrogens with one attached hydrogen (secondary N) is 2. The number of rotatable bonds is 5. The topological polar surface area (TPSA) is 71.1 Å². The summed E-state index contributed by atoms with van der Waals surface area (Å²) in [7, 11) is 0. The first-order valence-electron chi connectivity index (χ1n) is 8.65. The molecule has 0 spiro atoms. The number of hydrogen-bond donors (Lipinski definition) is 2. The van der Waals surface area contributed by atoms with Gasteiger partial charge in [-0.05, 0) is 80.4 Å². The lowest BCUT2D eigenvalue weighted by molar-refractivity contribution is 0.101. The first-order chi connectivity index (χ1) is 12.9. The van der Waals surface area contributed by atoms with Crippen LogP contribution in [0.15, 0.2) is 60.8 Å². The molecule has 136 valence electrons. The van der Waals surface area contributed by atoms with Crippen LogP contribution in [-0.2, 0) is 0 Å². The van der Waals surface area contributed by atoms with Crippen molar-refractivity contribution in [3.63, 3.8) is 0 Å². The molecule has 0 bridgehead atoms. The lowest BCUT2D eigenvalue weighted by Gasteiger charge is -2.09. The summed E-state index contributed by atoms with van der Waals surface area (Å²) in [6.07, 6.45) is 1.53. The highest BCUT2D eigenvalue weighted by Crippen LogP contribution is 2.18. The summed E-state index contributed by atoms with van der Waals surface area (Å²) in [4.78, 5) is 28.0. The van der Waals surface area contributed by atoms with E-state index in [0.717, 1.165) is 16.9 Å². The number of carbonyl (C=O) groups excluding carboxylic acids is 2. The number of hydrogen-bond acceptors (Lipinski definition) is 4. The molecule has 0 aliphatic rings. The quantitative estimate of drug-likeness (QED) is 0.636. The Bertz CT molecular complexity index is 977. The average Bonchev–Trinajstić information content (AvgIpc) is 2.66. The number of anilines is 3. The van der Waals surface area contributed by atoms with Gasteiger partial charge in [0.2, 0.25) is 0 Å². The summed E-state index contributed by atoms with van der Waals surface area (Å²) in [5, 5.41) is 6.03. The van der Waals surface area contributed by atoms with Crippen LogP contribution in [-0.4, -0.2) is 16.7 Å². The summed E-state index contributed by atoms with van der Waals surface area (Å²) >= 11 is 0. The van der Waals surface area contributed by atoms with E-state index in [1.807, 2.05) is 44.2 Å². The van der Waals surface area contributed by atoms with Gasteiger partial charge in [0, 0.05) is 23.1 Å². The van der Waals surface area contributed by atoms with Gasteiger partial charge >= 0.3 is 0 Å². The minimum atomic E-state index is -0.205. The smallest absolute Gasteiger partial charge is 0.257 e. The fraction of sp³-hybridized carbons (Fsp3) is 0.136. The lowest BCUT2D eigenvalue weighted by Crippen LogP contribution is -2.12. The summed E-state index contributed by atoms with van der Waals surface area (Å²) in [6.45, 7) is 5.58. The fourth-order valence-electron chi connectivity index (χ4n) is 2.56. The Morgan fingerprint density at radius 2 is 1.48 bits per heavy atom. The van der Waals surface area contributed by atoms with Crippen molar-refractivity contribution in [3.8, 4) is 0 Å². The average molecular weight is 359 g/mol. The van der Waals surface area contributed by atoms with E-state index in [9.17, 15) is 9.59 Å². The Morgan fingerprint density at radius 1 is 0.815 bits per heavy atom. The van der Waals surface area contributed by atoms with Crippen molar-refractivity contribution in [1.29, 1.82) is 0 Å². The maximum Gasteiger partial charge on any atom is 0.257 e. The first kappa shape index (κ1) is 18.3. The standard InChI is InChI=1S/C22H21N3O2/c1-14-4-8-20(12-15(14)2)25-22(27)18-7-11-21(23-13-18)24-19-9-5-17(6-10-19)16(3)26/h4-13H,1-3H3,(H,23,24)(H,25,27). The molecule has 1 amide bonds. The number of nitrogens with zero attached hydrogens (tertiary/aromatic N) is 1. The van der Waals surface area contributed by atoms with Crippen molar-refractivity contribution in [2.24, 2.45) is 0 Å². The highest BCUT2D eigenvalue weighted by molar-refractivity contribution is 6.04. The normalized spacial score (nSPS) is 10.3. The van der Waals surface area contributed by atoms with E-state index < -0.39 is 0 Å². The molecule has 0 atom stereocenters. The fourth-order valence-corrected chi connectivity index (χ4v) is 2.56. The molecule has 3 rings (SSSR count). The Labute approximate surface area is 158 Å². The third-order valence-corrected chi connectivity index (χ3v) is 4.35. The summed E-state index contributed by atoms with van der Waals surface area (Å²) in [5.74, 6) is 0.440. The number of benzene rings is 2. The van der Waals surface area contributed by atoms with Crippen molar-refractivity contribution in [3.05, 3.63) is 83.0 Å². The second kappa shape index (κ2) is 7.83. The molecule has 2 aromatic carbocycles. The largest absolute Gasteiger partial charge is 0.340 e. The van der Waals surface area contributed by atoms with Crippen LogP contribution in [0.4, 0.5) is 17.2 Å². The van der Waals surface area contributed by atoms with E-state index in [-0.39, 0.29) is 11.7 Å².